The molecule has 41 heavy (non-hydrogen) atoms. The number of fused-ring (bicyclic) bond motifs is 3. The Morgan fingerprint density at radius 2 is 1.71 bits per heavy atom. The van der Waals surface area contributed by atoms with Crippen LogP contribution in [0.15, 0.2) is 54.6 Å². The highest BCUT2D eigenvalue weighted by Gasteiger charge is 2.20. The molecule has 1 fully saturated rings. The molecule has 1 aliphatic heterocycles. The third-order valence-corrected chi connectivity index (χ3v) is 8.50. The summed E-state index contributed by atoms with van der Waals surface area (Å²) < 4.78 is 23.8. The predicted molar refractivity (Wildman–Crippen MR) is 166 cm³/mol. The molecule has 7 heteroatoms. The highest BCUT2D eigenvalue weighted by atomic mass is 32.2. The van der Waals surface area contributed by atoms with Gasteiger partial charge in [-0.1, -0.05) is 37.6 Å². The maximum absolute atomic E-state index is 11.6. The van der Waals surface area contributed by atoms with Crippen molar-refractivity contribution in [3.8, 4) is 35.1 Å². The van der Waals surface area contributed by atoms with Crippen molar-refractivity contribution in [2.45, 2.75) is 65.4 Å². The fourth-order valence-corrected chi connectivity index (χ4v) is 6.44. The molecule has 2 aliphatic rings. The molecule has 1 N–H and O–H groups in total. The van der Waals surface area contributed by atoms with Gasteiger partial charge in [-0.15, -0.1) is 12.3 Å². The van der Waals surface area contributed by atoms with E-state index in [0.717, 1.165) is 67.9 Å². The first kappa shape index (κ1) is 31.9. The lowest BCUT2D eigenvalue weighted by Gasteiger charge is -2.21. The molecule has 0 atom stereocenters. The summed E-state index contributed by atoms with van der Waals surface area (Å²) in [7, 11) is -0.631. The summed E-state index contributed by atoms with van der Waals surface area (Å²) in [5.41, 5.74) is 7.50. The van der Waals surface area contributed by atoms with Crippen LogP contribution >= 0.6 is 0 Å². The van der Waals surface area contributed by atoms with Crippen molar-refractivity contribution in [2.75, 3.05) is 18.1 Å². The van der Waals surface area contributed by atoms with Crippen molar-refractivity contribution in [1.29, 1.82) is 0 Å². The van der Waals surface area contributed by atoms with E-state index < -0.39 is 10.8 Å². The van der Waals surface area contributed by atoms with Crippen molar-refractivity contribution in [3.63, 3.8) is 0 Å². The third kappa shape index (κ3) is 10.1. The van der Waals surface area contributed by atoms with Crippen molar-refractivity contribution in [3.05, 3.63) is 77.0 Å². The molecule has 0 saturated carbocycles. The second kappa shape index (κ2) is 17.2. The van der Waals surface area contributed by atoms with Gasteiger partial charge in [0.1, 0.15) is 12.4 Å². The number of aryl methyl sites for hydroxylation is 3. The Kier molecular flexibility index (Phi) is 13.4. The van der Waals surface area contributed by atoms with Crippen LogP contribution in [0.2, 0.25) is 0 Å². The second-order valence-corrected chi connectivity index (χ2v) is 11.9. The van der Waals surface area contributed by atoms with E-state index in [1.54, 1.807) is 6.92 Å². The quantitative estimate of drug-likeness (QED) is 0.239. The number of carbonyl (C=O) groups is 1. The van der Waals surface area contributed by atoms with Crippen LogP contribution in [0.5, 0.6) is 11.6 Å². The van der Waals surface area contributed by atoms with E-state index in [9.17, 15) is 4.21 Å². The summed E-state index contributed by atoms with van der Waals surface area (Å²) in [6.07, 6.45) is 11.9. The average Bonchev–Trinajstić information content (AvgIpc) is 3.16. The zero-order valence-corrected chi connectivity index (χ0v) is 25.0. The molecule has 1 aromatic heterocycles. The van der Waals surface area contributed by atoms with Gasteiger partial charge in [0.05, 0.1) is 12.3 Å². The lowest BCUT2D eigenvalue weighted by molar-refractivity contribution is -0.122. The maximum atomic E-state index is 11.6. The van der Waals surface area contributed by atoms with Gasteiger partial charge >= 0.3 is 0 Å². The zero-order valence-electron chi connectivity index (χ0n) is 24.1. The molecule has 0 amide bonds. The summed E-state index contributed by atoms with van der Waals surface area (Å²) in [4.78, 5) is 13.3. The van der Waals surface area contributed by atoms with Gasteiger partial charge in [0.2, 0.25) is 5.88 Å². The Labute approximate surface area is 247 Å². The number of hydrogen-bond acceptors (Lipinski definition) is 5. The third-order valence-electron chi connectivity index (χ3n) is 7.11. The Bertz CT molecular complexity index is 1310. The average molecular weight is 576 g/mol. The first-order chi connectivity index (χ1) is 20.0. The number of rotatable bonds is 8. The van der Waals surface area contributed by atoms with E-state index in [0.29, 0.717) is 25.0 Å². The molecule has 0 radical (unpaired) electrons. The molecular formula is C34H41NO5S. The number of aromatic nitrogens is 1. The fourth-order valence-electron chi connectivity index (χ4n) is 5.05. The van der Waals surface area contributed by atoms with E-state index >= 15 is 0 Å². The van der Waals surface area contributed by atoms with E-state index in [1.165, 1.54) is 27.8 Å². The largest absolute Gasteiger partial charge is 0.489 e. The van der Waals surface area contributed by atoms with E-state index in [-0.39, 0.29) is 6.47 Å². The normalized spacial score (nSPS) is 17.0. The van der Waals surface area contributed by atoms with Gasteiger partial charge in [-0.25, -0.2) is 4.98 Å². The lowest BCUT2D eigenvalue weighted by Crippen LogP contribution is -2.23. The van der Waals surface area contributed by atoms with Crippen LogP contribution < -0.4 is 9.47 Å². The standard InChI is InChI=1S/C30H35NO3S.C3H4.CH2O2/c1-2-4-22-8-11-26(12-9-22)33-21-24-7-10-25-5-3-6-29-27(28(25)19-24)13-14-30(31-29)34-20-23-15-17-35(32)18-16-23;1-3-2;2-1-3/h7-14,19,23H,2-6,15-18,20-21H2,1H3;1H,2H3;1H,(H,2,3). The lowest BCUT2D eigenvalue weighted by atomic mass is 9.97. The Hall–Kier alpha value is -3.63. The van der Waals surface area contributed by atoms with Crippen molar-refractivity contribution in [2.24, 2.45) is 5.92 Å². The Morgan fingerprint density at radius 3 is 2.39 bits per heavy atom. The minimum atomic E-state index is -0.631. The van der Waals surface area contributed by atoms with Crippen LogP contribution in [0.4, 0.5) is 0 Å². The molecule has 3 aromatic rings. The molecule has 218 valence electrons. The number of ether oxygens (including phenoxy) is 2. The van der Waals surface area contributed by atoms with Crippen LogP contribution in [-0.4, -0.2) is 38.9 Å². The second-order valence-electron chi connectivity index (χ2n) is 10.2. The van der Waals surface area contributed by atoms with E-state index in [2.05, 4.69) is 67.8 Å². The monoisotopic (exact) mass is 575 g/mol. The van der Waals surface area contributed by atoms with Gasteiger partial charge in [0, 0.05) is 33.9 Å². The van der Waals surface area contributed by atoms with Crippen molar-refractivity contribution in [1.82, 2.24) is 4.98 Å². The minimum Gasteiger partial charge on any atom is -0.489 e. The van der Waals surface area contributed by atoms with Crippen LogP contribution in [-0.2, 0) is 41.5 Å². The molecule has 0 bridgehead atoms. The van der Waals surface area contributed by atoms with Crippen molar-refractivity contribution < 1.29 is 23.6 Å². The summed E-state index contributed by atoms with van der Waals surface area (Å²) in [6, 6.07) is 19.4. The van der Waals surface area contributed by atoms with Gasteiger partial charge in [-0.05, 0) is 97.9 Å². The topological polar surface area (TPSA) is 85.7 Å². The number of pyridine rings is 1. The first-order valence-electron chi connectivity index (χ1n) is 14.3. The Morgan fingerprint density at radius 1 is 1.02 bits per heavy atom. The molecule has 6 nitrogen and oxygen atoms in total. The molecule has 1 saturated heterocycles. The van der Waals surface area contributed by atoms with Crippen molar-refractivity contribution >= 4 is 17.3 Å². The van der Waals surface area contributed by atoms with Crippen LogP contribution in [0, 0.1) is 18.3 Å². The van der Waals surface area contributed by atoms with E-state index in [1.807, 2.05) is 6.07 Å². The van der Waals surface area contributed by atoms with Gasteiger partial charge in [0.15, 0.2) is 0 Å². The van der Waals surface area contributed by atoms with Crippen LogP contribution in [0.3, 0.4) is 0 Å². The van der Waals surface area contributed by atoms with Gasteiger partial charge < -0.3 is 14.6 Å². The van der Waals surface area contributed by atoms with Crippen LogP contribution in [0.25, 0.3) is 11.1 Å². The number of hydrogen-bond donors (Lipinski definition) is 1. The molecule has 5 rings (SSSR count). The zero-order chi connectivity index (χ0) is 29.5. The number of nitrogens with zero attached hydrogens (tertiary/aromatic N) is 1. The summed E-state index contributed by atoms with van der Waals surface area (Å²) >= 11 is 0. The molecule has 0 spiro atoms. The van der Waals surface area contributed by atoms with Gasteiger partial charge in [0.25, 0.3) is 6.47 Å². The molecule has 0 unspecified atom stereocenters. The SMILES string of the molecule is C#CC.CCCc1ccc(OCc2ccc3c(c2)-c2ccc(OCC4CCS(=O)CC4)nc2CCC3)cc1.O=CO. The number of carboxylic acid groups (broad SMARTS) is 1. The minimum absolute atomic E-state index is 0.250. The molecule has 2 heterocycles. The fraction of sp³-hybridized carbons (Fsp3) is 0.412. The van der Waals surface area contributed by atoms with Crippen LogP contribution in [0.1, 0.15) is 61.9 Å². The number of benzene rings is 2. The summed E-state index contributed by atoms with van der Waals surface area (Å²) in [6.45, 7) is 4.82. The highest BCUT2D eigenvalue weighted by Crippen LogP contribution is 2.34. The summed E-state index contributed by atoms with van der Waals surface area (Å²) in [5, 5.41) is 6.89. The first-order valence-corrected chi connectivity index (χ1v) is 15.8. The van der Waals surface area contributed by atoms with Gasteiger partial charge in [-0.2, -0.15) is 0 Å². The molecule has 2 aromatic carbocycles. The van der Waals surface area contributed by atoms with E-state index in [4.69, 9.17) is 24.4 Å². The highest BCUT2D eigenvalue weighted by molar-refractivity contribution is 7.85. The van der Waals surface area contributed by atoms with Gasteiger partial charge in [-0.3, -0.25) is 9.00 Å². The molecular weight excluding hydrogens is 534 g/mol. The Balaban J connectivity index is 0.000000710. The predicted octanol–water partition coefficient (Wildman–Crippen LogP) is 6.65. The maximum Gasteiger partial charge on any atom is 0.290 e. The summed E-state index contributed by atoms with van der Waals surface area (Å²) in [5.74, 6) is 5.97. The smallest absolute Gasteiger partial charge is 0.290 e. The number of terminal acetylenes is 1. The molecule has 1 aliphatic carbocycles.